The number of aliphatic hydroxyl groups excluding tert-OH is 1. The van der Waals surface area contributed by atoms with E-state index in [4.69, 9.17) is 5.73 Å². The second kappa shape index (κ2) is 4.56. The van der Waals surface area contributed by atoms with Gasteiger partial charge in [-0.15, -0.1) is 0 Å². The van der Waals surface area contributed by atoms with E-state index < -0.39 is 5.54 Å². The summed E-state index contributed by atoms with van der Waals surface area (Å²) in [6.45, 7) is 2.04. The summed E-state index contributed by atoms with van der Waals surface area (Å²) >= 11 is 0. The number of hydrogen-bond donors (Lipinski definition) is 2. The van der Waals surface area contributed by atoms with Crippen LogP contribution in [0.3, 0.4) is 0 Å². The second-order valence-corrected chi connectivity index (χ2v) is 5.21. The van der Waals surface area contributed by atoms with Gasteiger partial charge in [0.25, 0.3) is 0 Å². The molecule has 0 spiro atoms. The zero-order chi connectivity index (χ0) is 11.6. The van der Waals surface area contributed by atoms with Gasteiger partial charge in [0.15, 0.2) is 0 Å². The fraction of sp³-hybridized carbons (Fsp3) is 0.571. The van der Waals surface area contributed by atoms with Crippen LogP contribution < -0.4 is 5.73 Å². The number of rotatable bonds is 2. The zero-order valence-electron chi connectivity index (χ0n) is 9.95. The number of fused-ring (bicyclic) bond motifs is 1. The minimum atomic E-state index is -0.429. The molecule has 2 heteroatoms. The first-order chi connectivity index (χ1) is 7.63. The lowest BCUT2D eigenvalue weighted by Crippen LogP contribution is -2.47. The molecule has 88 valence electrons. The third-order valence-corrected chi connectivity index (χ3v) is 3.92. The van der Waals surface area contributed by atoms with Gasteiger partial charge < -0.3 is 10.8 Å². The van der Waals surface area contributed by atoms with Crippen LogP contribution in [0.1, 0.15) is 30.9 Å². The summed E-state index contributed by atoms with van der Waals surface area (Å²) in [7, 11) is 0. The lowest BCUT2D eigenvalue weighted by molar-refractivity contribution is 0.144. The maximum atomic E-state index is 9.33. The van der Waals surface area contributed by atoms with Crippen LogP contribution in [-0.2, 0) is 12.8 Å². The molecule has 0 fully saturated rings. The van der Waals surface area contributed by atoms with Crippen molar-refractivity contribution in [2.24, 2.45) is 11.7 Å². The van der Waals surface area contributed by atoms with Crippen molar-refractivity contribution in [1.82, 2.24) is 0 Å². The Balaban J connectivity index is 2.13. The molecular weight excluding hydrogens is 198 g/mol. The minimum absolute atomic E-state index is 0.0774. The average Bonchev–Trinajstić information content (AvgIpc) is 2.51. The van der Waals surface area contributed by atoms with Gasteiger partial charge in [0.2, 0.25) is 0 Å². The van der Waals surface area contributed by atoms with Crippen molar-refractivity contribution in [2.75, 3.05) is 6.61 Å². The third-order valence-electron chi connectivity index (χ3n) is 3.92. The molecule has 0 bridgehead atoms. The first kappa shape index (κ1) is 11.6. The van der Waals surface area contributed by atoms with E-state index in [1.54, 1.807) is 0 Å². The molecule has 0 unspecified atom stereocenters. The highest BCUT2D eigenvalue weighted by molar-refractivity contribution is 5.28. The van der Waals surface area contributed by atoms with Gasteiger partial charge in [-0.2, -0.15) is 0 Å². The van der Waals surface area contributed by atoms with Gasteiger partial charge in [-0.25, -0.2) is 0 Å². The lowest BCUT2D eigenvalue weighted by atomic mass is 9.81. The molecule has 0 aromatic heterocycles. The molecule has 2 rings (SSSR count). The van der Waals surface area contributed by atoms with Crippen LogP contribution in [0.15, 0.2) is 24.3 Å². The lowest BCUT2D eigenvalue weighted by Gasteiger charge is -2.31. The Morgan fingerprint density at radius 3 is 2.19 bits per heavy atom. The fourth-order valence-corrected chi connectivity index (χ4v) is 2.64. The van der Waals surface area contributed by atoms with E-state index in [-0.39, 0.29) is 6.61 Å². The maximum Gasteiger partial charge on any atom is 0.0611 e. The molecule has 0 aliphatic heterocycles. The Morgan fingerprint density at radius 2 is 1.75 bits per heavy atom. The fourth-order valence-electron chi connectivity index (χ4n) is 2.64. The molecule has 0 saturated carbocycles. The maximum absolute atomic E-state index is 9.33. The van der Waals surface area contributed by atoms with Crippen LogP contribution in [0.2, 0.25) is 0 Å². The topological polar surface area (TPSA) is 46.2 Å². The largest absolute Gasteiger partial charge is 0.394 e. The molecule has 1 aromatic rings. The van der Waals surface area contributed by atoms with Gasteiger partial charge in [0.05, 0.1) is 6.61 Å². The van der Waals surface area contributed by atoms with E-state index in [2.05, 4.69) is 24.3 Å². The Morgan fingerprint density at radius 1 is 1.25 bits per heavy atom. The predicted molar refractivity (Wildman–Crippen MR) is 66.3 cm³/mol. The van der Waals surface area contributed by atoms with E-state index >= 15 is 0 Å². The van der Waals surface area contributed by atoms with Crippen molar-refractivity contribution in [3.05, 3.63) is 35.4 Å². The van der Waals surface area contributed by atoms with Gasteiger partial charge in [0.1, 0.15) is 0 Å². The molecule has 1 atom stereocenters. The van der Waals surface area contributed by atoms with E-state index in [0.29, 0.717) is 5.92 Å². The van der Waals surface area contributed by atoms with Crippen molar-refractivity contribution < 1.29 is 5.11 Å². The van der Waals surface area contributed by atoms with Crippen LogP contribution in [0, 0.1) is 5.92 Å². The molecule has 16 heavy (non-hydrogen) atoms. The first-order valence-electron chi connectivity index (χ1n) is 6.10. The normalized spacial score (nSPS) is 20.9. The summed E-state index contributed by atoms with van der Waals surface area (Å²) in [6.07, 6.45) is 4.36. The highest BCUT2D eigenvalue weighted by atomic mass is 16.3. The highest BCUT2D eigenvalue weighted by Gasteiger charge is 2.30. The van der Waals surface area contributed by atoms with Gasteiger partial charge in [-0.1, -0.05) is 24.3 Å². The highest BCUT2D eigenvalue weighted by Crippen LogP contribution is 2.30. The Hall–Kier alpha value is -0.860. The summed E-state index contributed by atoms with van der Waals surface area (Å²) in [5, 5.41) is 9.33. The van der Waals surface area contributed by atoms with E-state index in [1.165, 1.54) is 11.1 Å². The summed E-state index contributed by atoms with van der Waals surface area (Å²) in [4.78, 5) is 0. The number of aryl methyl sites for hydroxylation is 2. The Labute approximate surface area is 97.5 Å². The van der Waals surface area contributed by atoms with Crippen molar-refractivity contribution in [3.63, 3.8) is 0 Å². The molecule has 1 aliphatic carbocycles. The van der Waals surface area contributed by atoms with Crippen LogP contribution in [0.4, 0.5) is 0 Å². The quantitative estimate of drug-likeness (QED) is 0.746. The van der Waals surface area contributed by atoms with Crippen LogP contribution in [0.25, 0.3) is 0 Å². The second-order valence-electron chi connectivity index (χ2n) is 5.21. The molecule has 3 N–H and O–H groups in total. The molecule has 0 radical (unpaired) electrons. The molecule has 1 aliphatic rings. The van der Waals surface area contributed by atoms with Crippen molar-refractivity contribution in [1.29, 1.82) is 0 Å². The monoisotopic (exact) mass is 219 g/mol. The Kier molecular flexibility index (Phi) is 3.31. The predicted octanol–water partition coefficient (Wildman–Crippen LogP) is 1.89. The third kappa shape index (κ3) is 2.28. The molecule has 1 aromatic carbocycles. The van der Waals surface area contributed by atoms with Gasteiger partial charge in [0, 0.05) is 5.54 Å². The number of nitrogens with two attached hydrogens (primary N) is 1. The minimum Gasteiger partial charge on any atom is -0.394 e. The van der Waals surface area contributed by atoms with Crippen molar-refractivity contribution in [3.8, 4) is 0 Å². The SMILES string of the molecule is C[C@](N)(CO)C1CCc2ccccc2CC1. The van der Waals surface area contributed by atoms with E-state index in [1.807, 2.05) is 6.92 Å². The molecule has 2 nitrogen and oxygen atoms in total. The standard InChI is InChI=1S/C14H21NO/c1-14(15,10-16)13-8-6-11-4-2-3-5-12(11)7-9-13/h2-5,13,16H,6-10,15H2,1H3/t14-/m0/s1. The zero-order valence-corrected chi connectivity index (χ0v) is 9.95. The first-order valence-corrected chi connectivity index (χ1v) is 6.10. The molecule has 0 heterocycles. The van der Waals surface area contributed by atoms with Crippen LogP contribution in [-0.4, -0.2) is 17.3 Å². The summed E-state index contributed by atoms with van der Waals surface area (Å²) in [5.74, 6) is 0.421. The summed E-state index contributed by atoms with van der Waals surface area (Å²) in [5.41, 5.74) is 8.63. The van der Waals surface area contributed by atoms with E-state index in [0.717, 1.165) is 25.7 Å². The molecular formula is C14H21NO. The number of aliphatic hydroxyl groups is 1. The van der Waals surface area contributed by atoms with Gasteiger partial charge >= 0.3 is 0 Å². The van der Waals surface area contributed by atoms with Crippen LogP contribution in [0.5, 0.6) is 0 Å². The van der Waals surface area contributed by atoms with Crippen LogP contribution >= 0.6 is 0 Å². The molecule has 0 amide bonds. The van der Waals surface area contributed by atoms with Crippen molar-refractivity contribution >= 4 is 0 Å². The van der Waals surface area contributed by atoms with Gasteiger partial charge in [-0.05, 0) is 49.7 Å². The smallest absolute Gasteiger partial charge is 0.0611 e. The number of benzene rings is 1. The summed E-state index contributed by atoms with van der Waals surface area (Å²) in [6, 6.07) is 8.63. The molecule has 0 saturated heterocycles. The Bertz CT molecular complexity index is 333. The van der Waals surface area contributed by atoms with E-state index in [9.17, 15) is 5.11 Å². The average molecular weight is 219 g/mol. The number of hydrogen-bond acceptors (Lipinski definition) is 2. The van der Waals surface area contributed by atoms with Crippen molar-refractivity contribution in [2.45, 2.75) is 38.1 Å². The summed E-state index contributed by atoms with van der Waals surface area (Å²) < 4.78 is 0. The van der Waals surface area contributed by atoms with Gasteiger partial charge in [-0.3, -0.25) is 0 Å².